The molecule has 0 bridgehead atoms. The summed E-state index contributed by atoms with van der Waals surface area (Å²) in [6.45, 7) is 3.59. The predicted octanol–water partition coefficient (Wildman–Crippen LogP) is 5.36. The molecule has 0 radical (unpaired) electrons. The van der Waals surface area contributed by atoms with Crippen LogP contribution >= 0.6 is 0 Å². The van der Waals surface area contributed by atoms with Gasteiger partial charge >= 0.3 is 0 Å². The van der Waals surface area contributed by atoms with E-state index in [0.717, 1.165) is 6.42 Å². The Balaban J connectivity index is 1.78. The second kappa shape index (κ2) is 8.13. The van der Waals surface area contributed by atoms with Crippen LogP contribution in [0.2, 0.25) is 0 Å². The molecule has 0 N–H and O–H groups in total. The van der Waals surface area contributed by atoms with Crippen molar-refractivity contribution >= 4 is 11.2 Å². The van der Waals surface area contributed by atoms with Crippen molar-refractivity contribution in [3.8, 4) is 22.4 Å². The van der Waals surface area contributed by atoms with Crippen molar-refractivity contribution in [2.45, 2.75) is 45.3 Å². The lowest BCUT2D eigenvalue weighted by Gasteiger charge is -2.19. The fourth-order valence-corrected chi connectivity index (χ4v) is 3.72. The van der Waals surface area contributed by atoms with E-state index in [2.05, 4.69) is 20.1 Å². The van der Waals surface area contributed by atoms with Crippen molar-refractivity contribution in [1.82, 2.24) is 29.3 Å². The summed E-state index contributed by atoms with van der Waals surface area (Å²) < 4.78 is 44.7. The molecule has 6 nitrogen and oxygen atoms in total. The first-order chi connectivity index (χ1) is 14.8. The molecule has 0 amide bonds. The van der Waals surface area contributed by atoms with Crippen LogP contribution in [0.1, 0.15) is 38.8 Å². The van der Waals surface area contributed by atoms with Gasteiger partial charge in [-0.25, -0.2) is 28.1 Å². The Kier molecular flexibility index (Phi) is 5.51. The molecule has 31 heavy (non-hydrogen) atoms. The van der Waals surface area contributed by atoms with Gasteiger partial charge in [-0.05, 0) is 25.5 Å². The normalized spacial score (nSPS) is 13.8. The third-order valence-electron chi connectivity index (χ3n) is 5.17. The third-order valence-corrected chi connectivity index (χ3v) is 5.17. The first-order valence-electron chi connectivity index (χ1n) is 10.1. The molecule has 9 heteroatoms. The number of fused-ring (bicyclic) bond motifs is 1. The Morgan fingerprint density at radius 3 is 2.68 bits per heavy atom. The summed E-state index contributed by atoms with van der Waals surface area (Å²) in [6, 6.07) is 4.66. The van der Waals surface area contributed by atoms with E-state index < -0.39 is 12.1 Å². The van der Waals surface area contributed by atoms with Gasteiger partial charge in [-0.3, -0.25) is 4.68 Å². The highest BCUT2D eigenvalue weighted by Gasteiger charge is 2.24. The van der Waals surface area contributed by atoms with Crippen molar-refractivity contribution in [3.63, 3.8) is 0 Å². The minimum atomic E-state index is -2.71. The molecule has 0 aliphatic rings. The van der Waals surface area contributed by atoms with Crippen LogP contribution in [0.4, 0.5) is 13.2 Å². The average molecular weight is 428 g/mol. The van der Waals surface area contributed by atoms with E-state index in [0.29, 0.717) is 40.0 Å². The Hall–Kier alpha value is -3.23. The Morgan fingerprint density at radius 1 is 1.13 bits per heavy atom. The summed E-state index contributed by atoms with van der Waals surface area (Å²) in [5.74, 6) is 0. The van der Waals surface area contributed by atoms with Gasteiger partial charge in [0.2, 0.25) is 0 Å². The molecule has 4 rings (SSSR count). The van der Waals surface area contributed by atoms with Gasteiger partial charge in [-0.2, -0.15) is 5.10 Å². The van der Waals surface area contributed by atoms with Crippen LogP contribution in [-0.4, -0.2) is 35.0 Å². The quantitative estimate of drug-likeness (QED) is 0.398. The van der Waals surface area contributed by atoms with Crippen LogP contribution in [0.5, 0.6) is 0 Å². The van der Waals surface area contributed by atoms with Gasteiger partial charge in [0.05, 0.1) is 24.8 Å². The highest BCUT2D eigenvalue weighted by atomic mass is 19.3. The topological polar surface area (TPSA) is 61.4 Å². The van der Waals surface area contributed by atoms with E-state index in [1.165, 1.54) is 10.7 Å². The van der Waals surface area contributed by atoms with Crippen LogP contribution in [0, 0.1) is 0 Å². The average Bonchev–Trinajstić information content (AvgIpc) is 3.33. The standard InChI is InChI=1S/C22H23F3N6/c1-4-7-22(2,25)12-31-11-15(10-28-31)16-5-6-17(20(23)24)29-19(16)14-8-18-21(26-9-14)30(3)13-27-18/h5-6,8-11,13,20H,4,7,12H2,1-3H3. The van der Waals surface area contributed by atoms with Crippen molar-refractivity contribution in [3.05, 3.63) is 48.8 Å². The molecule has 0 fully saturated rings. The molecular weight excluding hydrogens is 405 g/mol. The maximum absolute atomic E-state index is 14.7. The molecule has 4 aromatic rings. The highest BCUT2D eigenvalue weighted by Crippen LogP contribution is 2.33. The maximum Gasteiger partial charge on any atom is 0.280 e. The highest BCUT2D eigenvalue weighted by molar-refractivity contribution is 5.84. The summed E-state index contributed by atoms with van der Waals surface area (Å²) >= 11 is 0. The van der Waals surface area contributed by atoms with Crippen molar-refractivity contribution < 1.29 is 13.2 Å². The Labute approximate surface area is 177 Å². The summed E-state index contributed by atoms with van der Waals surface area (Å²) in [5.41, 5.74) is 1.81. The second-order valence-corrected chi connectivity index (χ2v) is 7.95. The van der Waals surface area contributed by atoms with Gasteiger partial charge in [0, 0.05) is 36.1 Å². The number of pyridine rings is 2. The number of imidazole rings is 1. The number of hydrogen-bond donors (Lipinski definition) is 0. The van der Waals surface area contributed by atoms with E-state index in [1.807, 2.05) is 14.0 Å². The number of rotatable bonds is 7. The second-order valence-electron chi connectivity index (χ2n) is 7.95. The predicted molar refractivity (Wildman–Crippen MR) is 112 cm³/mol. The van der Waals surface area contributed by atoms with E-state index >= 15 is 0 Å². The molecule has 4 aromatic heterocycles. The monoisotopic (exact) mass is 428 g/mol. The number of alkyl halides is 3. The number of aryl methyl sites for hydroxylation is 1. The lowest BCUT2D eigenvalue weighted by molar-refractivity contribution is 0.141. The lowest BCUT2D eigenvalue weighted by Crippen LogP contribution is -2.25. The zero-order valence-electron chi connectivity index (χ0n) is 17.6. The molecule has 162 valence electrons. The molecule has 0 aliphatic heterocycles. The molecule has 0 saturated heterocycles. The third kappa shape index (κ3) is 4.30. The van der Waals surface area contributed by atoms with Gasteiger partial charge < -0.3 is 4.57 Å². The van der Waals surface area contributed by atoms with E-state index in [9.17, 15) is 13.2 Å². The molecule has 0 spiro atoms. The SMILES string of the molecule is CCCC(C)(F)Cn1cc(-c2ccc(C(F)F)nc2-c2cnc3c(c2)ncn3C)cn1. The smallest absolute Gasteiger partial charge is 0.280 e. The minimum Gasteiger partial charge on any atom is -0.318 e. The van der Waals surface area contributed by atoms with Crippen molar-refractivity contribution in [1.29, 1.82) is 0 Å². The van der Waals surface area contributed by atoms with Gasteiger partial charge in [-0.15, -0.1) is 0 Å². The molecular formula is C22H23F3N6. The fraction of sp³-hybridized carbons (Fsp3) is 0.364. The number of hydrogen-bond acceptors (Lipinski definition) is 4. The molecule has 4 heterocycles. The van der Waals surface area contributed by atoms with E-state index in [-0.39, 0.29) is 12.2 Å². The van der Waals surface area contributed by atoms with E-state index in [4.69, 9.17) is 0 Å². The largest absolute Gasteiger partial charge is 0.318 e. The lowest BCUT2D eigenvalue weighted by atomic mass is 10.0. The van der Waals surface area contributed by atoms with Crippen LogP contribution in [0.3, 0.4) is 0 Å². The van der Waals surface area contributed by atoms with Gasteiger partial charge in [0.25, 0.3) is 6.43 Å². The summed E-state index contributed by atoms with van der Waals surface area (Å²) in [5, 5.41) is 4.28. The Morgan fingerprint density at radius 2 is 1.94 bits per heavy atom. The molecule has 1 atom stereocenters. The maximum atomic E-state index is 14.7. The zero-order chi connectivity index (χ0) is 22.2. The minimum absolute atomic E-state index is 0.111. The van der Waals surface area contributed by atoms with Gasteiger partial charge in [0.15, 0.2) is 5.65 Å². The number of halogens is 3. The van der Waals surface area contributed by atoms with Crippen molar-refractivity contribution in [2.75, 3.05) is 0 Å². The number of aromatic nitrogens is 6. The van der Waals surface area contributed by atoms with Crippen LogP contribution in [0.25, 0.3) is 33.5 Å². The van der Waals surface area contributed by atoms with Gasteiger partial charge in [-0.1, -0.05) is 19.4 Å². The van der Waals surface area contributed by atoms with Crippen LogP contribution in [-0.2, 0) is 13.6 Å². The fourth-order valence-electron chi connectivity index (χ4n) is 3.72. The first-order valence-corrected chi connectivity index (χ1v) is 10.1. The Bertz CT molecular complexity index is 1210. The zero-order valence-corrected chi connectivity index (χ0v) is 17.6. The molecule has 0 aromatic carbocycles. The summed E-state index contributed by atoms with van der Waals surface area (Å²) in [6.07, 6.45) is 4.99. The number of nitrogens with zero attached hydrogens (tertiary/aromatic N) is 6. The molecule has 0 saturated carbocycles. The molecule has 0 aliphatic carbocycles. The summed E-state index contributed by atoms with van der Waals surface area (Å²) in [4.78, 5) is 12.9. The van der Waals surface area contributed by atoms with Gasteiger partial charge in [0.1, 0.15) is 16.9 Å². The van der Waals surface area contributed by atoms with Crippen molar-refractivity contribution in [2.24, 2.45) is 7.05 Å². The van der Waals surface area contributed by atoms with Crippen LogP contribution < -0.4 is 0 Å². The van der Waals surface area contributed by atoms with Crippen LogP contribution in [0.15, 0.2) is 43.1 Å². The summed E-state index contributed by atoms with van der Waals surface area (Å²) in [7, 11) is 1.83. The van der Waals surface area contributed by atoms with E-state index in [1.54, 1.807) is 48.5 Å². The molecule has 1 unspecified atom stereocenters. The first kappa shape index (κ1) is 21.0.